The minimum Gasteiger partial charge on any atom is -0.345 e. The van der Waals surface area contributed by atoms with Gasteiger partial charge in [0.15, 0.2) is 11.0 Å². The number of carbonyl (C=O) groups is 1. The predicted molar refractivity (Wildman–Crippen MR) is 105 cm³/mol. The molecule has 1 amide bonds. The summed E-state index contributed by atoms with van der Waals surface area (Å²) in [6.45, 7) is 4.69. The monoisotopic (exact) mass is 364 g/mol. The summed E-state index contributed by atoms with van der Waals surface area (Å²) in [5.41, 5.74) is 2.82. The zero-order valence-corrected chi connectivity index (χ0v) is 15.4. The number of benzene rings is 2. The van der Waals surface area contributed by atoms with E-state index in [1.165, 1.54) is 11.8 Å². The molecule has 0 fully saturated rings. The highest BCUT2D eigenvalue weighted by atomic mass is 32.2. The molecule has 5 nitrogen and oxygen atoms in total. The number of carbonyl (C=O) groups excluding carboxylic acids is 1. The molecule has 3 rings (SSSR count). The molecular formula is C20H20N4OS. The Kier molecular flexibility index (Phi) is 5.86. The molecule has 0 saturated heterocycles. The van der Waals surface area contributed by atoms with Gasteiger partial charge in [0.25, 0.3) is 5.91 Å². The van der Waals surface area contributed by atoms with Crippen molar-refractivity contribution in [3.05, 3.63) is 78.6 Å². The molecule has 0 aliphatic rings. The molecule has 0 radical (unpaired) electrons. The van der Waals surface area contributed by atoms with Crippen LogP contribution in [0.3, 0.4) is 0 Å². The Morgan fingerprint density at radius 2 is 1.81 bits per heavy atom. The van der Waals surface area contributed by atoms with Crippen LogP contribution in [0.25, 0.3) is 11.1 Å². The fourth-order valence-corrected chi connectivity index (χ4v) is 3.14. The van der Waals surface area contributed by atoms with E-state index in [1.54, 1.807) is 6.08 Å². The van der Waals surface area contributed by atoms with Crippen LogP contribution in [-0.4, -0.2) is 26.9 Å². The van der Waals surface area contributed by atoms with Gasteiger partial charge in [-0.25, -0.2) is 0 Å². The van der Waals surface area contributed by atoms with Crippen molar-refractivity contribution in [3.63, 3.8) is 0 Å². The number of nitrogens with one attached hydrogen (secondary N) is 1. The van der Waals surface area contributed by atoms with Crippen LogP contribution in [0.5, 0.6) is 0 Å². The Morgan fingerprint density at radius 1 is 1.12 bits per heavy atom. The minimum atomic E-state index is -0.136. The number of nitrogens with zero attached hydrogens (tertiary/aromatic N) is 3. The topological polar surface area (TPSA) is 59.8 Å². The summed E-state index contributed by atoms with van der Waals surface area (Å²) in [5.74, 6) is 0.576. The van der Waals surface area contributed by atoms with E-state index in [0.717, 1.165) is 16.3 Å². The minimum absolute atomic E-state index is 0.136. The van der Waals surface area contributed by atoms with Gasteiger partial charge >= 0.3 is 0 Å². The molecule has 0 atom stereocenters. The van der Waals surface area contributed by atoms with Crippen LogP contribution in [0.15, 0.2) is 72.4 Å². The second-order valence-electron chi connectivity index (χ2n) is 5.63. The lowest BCUT2D eigenvalue weighted by molar-refractivity contribution is 0.0949. The highest BCUT2D eigenvalue weighted by Crippen LogP contribution is 2.19. The molecule has 0 aliphatic carbocycles. The van der Waals surface area contributed by atoms with Crippen LogP contribution in [-0.2, 0) is 13.1 Å². The number of hydrogen-bond acceptors (Lipinski definition) is 4. The summed E-state index contributed by atoms with van der Waals surface area (Å²) in [6.07, 6.45) is 3.73. The molecule has 2 aromatic carbocycles. The van der Waals surface area contributed by atoms with E-state index in [0.29, 0.717) is 24.5 Å². The van der Waals surface area contributed by atoms with Crippen LogP contribution in [0.2, 0.25) is 0 Å². The first kappa shape index (κ1) is 17.9. The fraction of sp³-hybridized carbons (Fsp3) is 0.150. The summed E-state index contributed by atoms with van der Waals surface area (Å²) >= 11 is 1.52. The van der Waals surface area contributed by atoms with Crippen molar-refractivity contribution in [2.24, 2.45) is 0 Å². The zero-order valence-electron chi connectivity index (χ0n) is 14.6. The molecule has 1 aromatic heterocycles. The average molecular weight is 364 g/mol. The molecule has 3 aromatic rings. The number of amides is 1. The molecule has 0 aliphatic heterocycles. The van der Waals surface area contributed by atoms with Gasteiger partial charge in [-0.05, 0) is 29.5 Å². The number of thioether (sulfide) groups is 1. The smallest absolute Gasteiger partial charge is 0.251 e. The van der Waals surface area contributed by atoms with E-state index in [4.69, 9.17) is 0 Å². The maximum Gasteiger partial charge on any atom is 0.251 e. The summed E-state index contributed by atoms with van der Waals surface area (Å²) in [5, 5.41) is 12.0. The van der Waals surface area contributed by atoms with Crippen LogP contribution in [0.4, 0.5) is 0 Å². The lowest BCUT2D eigenvalue weighted by Crippen LogP contribution is -2.24. The lowest BCUT2D eigenvalue weighted by Gasteiger charge is -2.08. The number of aromatic nitrogens is 3. The molecular weight excluding hydrogens is 344 g/mol. The summed E-state index contributed by atoms with van der Waals surface area (Å²) in [4.78, 5) is 12.4. The SMILES string of the molecule is C=CCn1c(CNC(=O)c2ccc(-c3ccccc3)cc2)nnc1SC. The molecule has 132 valence electrons. The van der Waals surface area contributed by atoms with Gasteiger partial charge in [0.05, 0.1) is 6.54 Å². The fourth-order valence-electron chi connectivity index (χ4n) is 2.62. The van der Waals surface area contributed by atoms with Crippen molar-refractivity contribution in [3.8, 4) is 11.1 Å². The predicted octanol–water partition coefficient (Wildman–Crippen LogP) is 3.78. The molecule has 1 heterocycles. The lowest BCUT2D eigenvalue weighted by atomic mass is 10.0. The molecule has 0 spiro atoms. The number of allylic oxidation sites excluding steroid dienone is 1. The van der Waals surface area contributed by atoms with Crippen molar-refractivity contribution in [2.45, 2.75) is 18.2 Å². The highest BCUT2D eigenvalue weighted by Gasteiger charge is 2.12. The zero-order chi connectivity index (χ0) is 18.4. The van der Waals surface area contributed by atoms with E-state index in [1.807, 2.05) is 65.4 Å². The molecule has 1 N–H and O–H groups in total. The first-order valence-electron chi connectivity index (χ1n) is 8.23. The molecule has 0 unspecified atom stereocenters. The maximum absolute atomic E-state index is 12.4. The van der Waals surface area contributed by atoms with E-state index in [9.17, 15) is 4.79 Å². The van der Waals surface area contributed by atoms with Crippen molar-refractivity contribution < 1.29 is 4.79 Å². The van der Waals surface area contributed by atoms with Crippen LogP contribution < -0.4 is 5.32 Å². The number of rotatable bonds is 7. The first-order chi connectivity index (χ1) is 12.7. The third-order valence-corrected chi connectivity index (χ3v) is 4.62. The standard InChI is InChI=1S/C20H20N4OS/c1-3-13-24-18(22-23-20(24)26-2)14-21-19(25)17-11-9-16(10-12-17)15-7-5-4-6-8-15/h3-12H,1,13-14H2,2H3,(H,21,25). The first-order valence-corrected chi connectivity index (χ1v) is 9.46. The summed E-state index contributed by atoms with van der Waals surface area (Å²) in [6, 6.07) is 17.6. The molecule has 0 saturated carbocycles. The van der Waals surface area contributed by atoms with E-state index in [-0.39, 0.29) is 5.91 Å². The van der Waals surface area contributed by atoms with Gasteiger partial charge in [0.1, 0.15) is 0 Å². The highest BCUT2D eigenvalue weighted by molar-refractivity contribution is 7.98. The van der Waals surface area contributed by atoms with Gasteiger partial charge in [-0.1, -0.05) is 60.3 Å². The van der Waals surface area contributed by atoms with Gasteiger partial charge in [0.2, 0.25) is 0 Å². The Morgan fingerprint density at radius 3 is 2.46 bits per heavy atom. The average Bonchev–Trinajstić information content (AvgIpc) is 3.09. The Bertz CT molecular complexity index is 888. The van der Waals surface area contributed by atoms with Crippen molar-refractivity contribution in [1.29, 1.82) is 0 Å². The molecule has 0 bridgehead atoms. The normalized spacial score (nSPS) is 10.5. The summed E-state index contributed by atoms with van der Waals surface area (Å²) in [7, 11) is 0. The quantitative estimate of drug-likeness (QED) is 0.512. The van der Waals surface area contributed by atoms with E-state index in [2.05, 4.69) is 22.1 Å². The maximum atomic E-state index is 12.4. The van der Waals surface area contributed by atoms with Gasteiger partial charge in [-0.15, -0.1) is 16.8 Å². The second-order valence-corrected chi connectivity index (χ2v) is 6.40. The van der Waals surface area contributed by atoms with Gasteiger partial charge in [-0.2, -0.15) is 0 Å². The third kappa shape index (κ3) is 4.03. The van der Waals surface area contributed by atoms with Gasteiger partial charge in [-0.3, -0.25) is 4.79 Å². The van der Waals surface area contributed by atoms with Crippen LogP contribution in [0.1, 0.15) is 16.2 Å². The third-order valence-electron chi connectivity index (χ3n) is 3.95. The Balaban J connectivity index is 1.67. The second kappa shape index (κ2) is 8.49. The summed E-state index contributed by atoms with van der Waals surface area (Å²) < 4.78 is 1.94. The van der Waals surface area contributed by atoms with Crippen LogP contribution in [0, 0.1) is 0 Å². The Hall–Kier alpha value is -2.86. The van der Waals surface area contributed by atoms with Gasteiger partial charge in [0, 0.05) is 12.1 Å². The van der Waals surface area contributed by atoms with Crippen LogP contribution >= 0.6 is 11.8 Å². The van der Waals surface area contributed by atoms with Crippen molar-refractivity contribution in [2.75, 3.05) is 6.26 Å². The largest absolute Gasteiger partial charge is 0.345 e. The van der Waals surface area contributed by atoms with E-state index < -0.39 is 0 Å². The van der Waals surface area contributed by atoms with Gasteiger partial charge < -0.3 is 9.88 Å². The molecule has 6 heteroatoms. The van der Waals surface area contributed by atoms with E-state index >= 15 is 0 Å². The van der Waals surface area contributed by atoms with Crippen molar-refractivity contribution in [1.82, 2.24) is 20.1 Å². The Labute approximate surface area is 157 Å². The molecule has 26 heavy (non-hydrogen) atoms. The number of hydrogen-bond donors (Lipinski definition) is 1. The van der Waals surface area contributed by atoms with Crippen molar-refractivity contribution >= 4 is 17.7 Å².